The molecule has 0 saturated heterocycles. The van der Waals surface area contributed by atoms with E-state index in [1.165, 1.54) is 19.3 Å². The minimum Gasteiger partial charge on any atom is -0.327 e. The zero-order valence-corrected chi connectivity index (χ0v) is 11.3. The number of H-pyrrole nitrogens is 1. The molecule has 1 aromatic heterocycles. The second-order valence-electron chi connectivity index (χ2n) is 5.86. The lowest BCUT2D eigenvalue weighted by atomic mass is 9.63. The highest BCUT2D eigenvalue weighted by Gasteiger charge is 2.45. The van der Waals surface area contributed by atoms with Crippen LogP contribution in [0.25, 0.3) is 0 Å². The Balaban J connectivity index is 1.53. The summed E-state index contributed by atoms with van der Waals surface area (Å²) in [6.45, 7) is 2.23. The molecular formula is C14H21N3O2. The molecule has 0 aliphatic heterocycles. The quantitative estimate of drug-likeness (QED) is 0.790. The SMILES string of the molecule is CCC1=CC2C(C1)CC2C(N)CCc1noc(=O)[nH]1. The van der Waals surface area contributed by atoms with Crippen LogP contribution in [0.2, 0.25) is 0 Å². The number of aromatic nitrogens is 2. The largest absolute Gasteiger partial charge is 0.438 e. The Labute approximate surface area is 112 Å². The Morgan fingerprint density at radius 3 is 3.16 bits per heavy atom. The summed E-state index contributed by atoms with van der Waals surface area (Å²) in [6, 6.07) is 0.189. The van der Waals surface area contributed by atoms with Gasteiger partial charge in [0.25, 0.3) is 0 Å². The van der Waals surface area contributed by atoms with Crippen LogP contribution in [-0.2, 0) is 6.42 Å². The number of aryl methyl sites for hydroxylation is 1. The van der Waals surface area contributed by atoms with E-state index in [0.717, 1.165) is 12.3 Å². The first-order chi connectivity index (χ1) is 9.17. The maximum atomic E-state index is 10.8. The fourth-order valence-electron chi connectivity index (χ4n) is 3.58. The highest BCUT2D eigenvalue weighted by Crippen LogP contribution is 2.51. The van der Waals surface area contributed by atoms with Crippen LogP contribution in [-0.4, -0.2) is 16.2 Å². The molecule has 0 aromatic carbocycles. The molecule has 3 rings (SSSR count). The fraction of sp³-hybridized carbons (Fsp3) is 0.714. The molecule has 0 spiro atoms. The zero-order chi connectivity index (χ0) is 13.4. The summed E-state index contributed by atoms with van der Waals surface area (Å²) >= 11 is 0. The molecule has 1 aromatic rings. The number of hydrogen-bond donors (Lipinski definition) is 2. The van der Waals surface area contributed by atoms with E-state index < -0.39 is 5.76 Å². The fourth-order valence-corrected chi connectivity index (χ4v) is 3.58. The first-order valence-electron chi connectivity index (χ1n) is 7.17. The molecule has 4 unspecified atom stereocenters. The van der Waals surface area contributed by atoms with Crippen molar-refractivity contribution >= 4 is 0 Å². The van der Waals surface area contributed by atoms with Crippen LogP contribution in [0.5, 0.6) is 0 Å². The zero-order valence-electron chi connectivity index (χ0n) is 11.3. The predicted octanol–water partition coefficient (Wildman–Crippen LogP) is 1.62. The van der Waals surface area contributed by atoms with Crippen molar-refractivity contribution in [1.82, 2.24) is 10.1 Å². The molecule has 4 atom stereocenters. The van der Waals surface area contributed by atoms with Crippen molar-refractivity contribution in [1.29, 1.82) is 0 Å². The highest BCUT2D eigenvalue weighted by atomic mass is 16.5. The normalized spacial score (nSPS) is 30.6. The molecule has 1 heterocycles. The number of nitrogens with two attached hydrogens (primary N) is 1. The van der Waals surface area contributed by atoms with Gasteiger partial charge in [-0.25, -0.2) is 4.79 Å². The van der Waals surface area contributed by atoms with Gasteiger partial charge in [-0.1, -0.05) is 23.7 Å². The van der Waals surface area contributed by atoms with Gasteiger partial charge < -0.3 is 5.73 Å². The van der Waals surface area contributed by atoms with Crippen LogP contribution in [0.3, 0.4) is 0 Å². The van der Waals surface area contributed by atoms with Gasteiger partial charge in [0.2, 0.25) is 0 Å². The Morgan fingerprint density at radius 1 is 1.63 bits per heavy atom. The average molecular weight is 263 g/mol. The lowest BCUT2D eigenvalue weighted by Gasteiger charge is -2.43. The predicted molar refractivity (Wildman–Crippen MR) is 71.5 cm³/mol. The molecule has 5 nitrogen and oxygen atoms in total. The van der Waals surface area contributed by atoms with Crippen LogP contribution in [0.4, 0.5) is 0 Å². The second-order valence-corrected chi connectivity index (χ2v) is 5.86. The van der Waals surface area contributed by atoms with Gasteiger partial charge in [-0.3, -0.25) is 9.51 Å². The van der Waals surface area contributed by atoms with Gasteiger partial charge in [0.15, 0.2) is 5.82 Å². The molecule has 0 amide bonds. The lowest BCUT2D eigenvalue weighted by Crippen LogP contribution is -2.45. The van der Waals surface area contributed by atoms with Crippen molar-refractivity contribution in [3.63, 3.8) is 0 Å². The summed E-state index contributed by atoms with van der Waals surface area (Å²) in [5, 5.41) is 3.67. The van der Waals surface area contributed by atoms with Crippen LogP contribution in [0.15, 0.2) is 21.0 Å². The van der Waals surface area contributed by atoms with Gasteiger partial charge in [-0.05, 0) is 43.4 Å². The summed E-state index contributed by atoms with van der Waals surface area (Å²) in [7, 11) is 0. The Morgan fingerprint density at radius 2 is 2.47 bits per heavy atom. The van der Waals surface area contributed by atoms with Crippen molar-refractivity contribution in [2.75, 3.05) is 0 Å². The minimum atomic E-state index is -0.487. The van der Waals surface area contributed by atoms with E-state index in [4.69, 9.17) is 5.73 Å². The summed E-state index contributed by atoms with van der Waals surface area (Å²) in [6.07, 6.45) is 7.70. The van der Waals surface area contributed by atoms with Gasteiger partial charge in [0.05, 0.1) is 0 Å². The first-order valence-corrected chi connectivity index (χ1v) is 7.17. The molecule has 2 aliphatic rings. The second kappa shape index (κ2) is 4.96. The van der Waals surface area contributed by atoms with E-state index in [-0.39, 0.29) is 6.04 Å². The van der Waals surface area contributed by atoms with E-state index in [2.05, 4.69) is 27.7 Å². The Bertz CT molecular complexity index is 531. The Kier molecular flexibility index (Phi) is 3.31. The molecular weight excluding hydrogens is 242 g/mol. The third-order valence-corrected chi connectivity index (χ3v) is 4.77. The maximum Gasteiger partial charge on any atom is 0.438 e. The summed E-state index contributed by atoms with van der Waals surface area (Å²) < 4.78 is 4.48. The van der Waals surface area contributed by atoms with E-state index in [0.29, 0.717) is 24.1 Å². The van der Waals surface area contributed by atoms with Gasteiger partial charge >= 0.3 is 5.76 Å². The van der Waals surface area contributed by atoms with E-state index >= 15 is 0 Å². The van der Waals surface area contributed by atoms with Crippen molar-refractivity contribution in [2.45, 2.75) is 45.1 Å². The maximum absolute atomic E-state index is 10.8. The van der Waals surface area contributed by atoms with Gasteiger partial charge in [-0.15, -0.1) is 0 Å². The monoisotopic (exact) mass is 263 g/mol. The van der Waals surface area contributed by atoms with Gasteiger partial charge in [-0.2, -0.15) is 0 Å². The molecule has 19 heavy (non-hydrogen) atoms. The summed E-state index contributed by atoms with van der Waals surface area (Å²) in [5.41, 5.74) is 7.90. The summed E-state index contributed by atoms with van der Waals surface area (Å²) in [4.78, 5) is 13.4. The van der Waals surface area contributed by atoms with Crippen LogP contribution >= 0.6 is 0 Å². The van der Waals surface area contributed by atoms with E-state index in [1.807, 2.05) is 0 Å². The average Bonchev–Trinajstić information content (AvgIpc) is 2.92. The summed E-state index contributed by atoms with van der Waals surface area (Å²) in [5.74, 6) is 2.26. The molecule has 0 radical (unpaired) electrons. The number of hydrogen-bond acceptors (Lipinski definition) is 4. The smallest absolute Gasteiger partial charge is 0.327 e. The molecule has 0 bridgehead atoms. The number of allylic oxidation sites excluding steroid dienone is 2. The van der Waals surface area contributed by atoms with Crippen molar-refractivity contribution in [3.8, 4) is 0 Å². The molecule has 104 valence electrons. The topological polar surface area (TPSA) is 84.9 Å². The number of rotatable bonds is 5. The molecule has 2 aliphatic carbocycles. The number of aromatic amines is 1. The molecule has 1 saturated carbocycles. The van der Waals surface area contributed by atoms with Crippen LogP contribution in [0.1, 0.15) is 38.4 Å². The molecule has 5 heteroatoms. The van der Waals surface area contributed by atoms with Crippen molar-refractivity contribution < 1.29 is 4.52 Å². The van der Waals surface area contributed by atoms with Crippen LogP contribution in [0, 0.1) is 17.8 Å². The third kappa shape index (κ3) is 2.39. The number of fused-ring (bicyclic) bond motifs is 1. The Hall–Kier alpha value is -1.36. The van der Waals surface area contributed by atoms with Gasteiger partial charge in [0, 0.05) is 12.5 Å². The molecule has 3 N–H and O–H groups in total. The van der Waals surface area contributed by atoms with E-state index in [9.17, 15) is 4.79 Å². The number of nitrogens with zero attached hydrogens (tertiary/aromatic N) is 1. The van der Waals surface area contributed by atoms with Gasteiger partial charge in [0.1, 0.15) is 0 Å². The highest BCUT2D eigenvalue weighted by molar-refractivity contribution is 5.20. The van der Waals surface area contributed by atoms with Crippen LogP contribution < -0.4 is 11.5 Å². The minimum absolute atomic E-state index is 0.189. The standard InChI is InChI=1S/C14H21N3O2/c1-2-8-5-9-7-11(10(9)6-8)12(15)3-4-13-16-14(18)19-17-13/h6,9-12H,2-5,7,15H2,1H3,(H,16,17,18). The lowest BCUT2D eigenvalue weighted by molar-refractivity contribution is 0.0991. The van der Waals surface area contributed by atoms with Crippen molar-refractivity contribution in [3.05, 3.63) is 28.0 Å². The van der Waals surface area contributed by atoms with Crippen molar-refractivity contribution in [2.24, 2.45) is 23.5 Å². The first kappa shape index (κ1) is 12.7. The van der Waals surface area contributed by atoms with E-state index in [1.54, 1.807) is 5.57 Å². The molecule has 1 fully saturated rings. The third-order valence-electron chi connectivity index (χ3n) is 4.77. The number of nitrogens with one attached hydrogen (secondary N) is 1.